The van der Waals surface area contributed by atoms with Crippen LogP contribution in [0.4, 0.5) is 0 Å². The predicted octanol–water partition coefficient (Wildman–Crippen LogP) is 1.48. The number of pyridine rings is 1. The topological polar surface area (TPSA) is 43.4 Å². The summed E-state index contributed by atoms with van der Waals surface area (Å²) in [6, 6.07) is 3.53. The molecule has 0 aliphatic heterocycles. The van der Waals surface area contributed by atoms with Gasteiger partial charge in [-0.25, -0.2) is 4.98 Å². The Morgan fingerprint density at radius 2 is 2.20 bits per heavy atom. The summed E-state index contributed by atoms with van der Waals surface area (Å²) in [5.74, 6) is 0.571. The number of nitrogens with one attached hydrogen (secondary N) is 1. The van der Waals surface area contributed by atoms with Crippen molar-refractivity contribution in [3.8, 4) is 5.88 Å². The van der Waals surface area contributed by atoms with Gasteiger partial charge in [-0.3, -0.25) is 0 Å². The number of halogens is 1. The van der Waals surface area contributed by atoms with Crippen LogP contribution in [0, 0.1) is 0 Å². The van der Waals surface area contributed by atoms with Crippen LogP contribution in [0.2, 0.25) is 5.02 Å². The highest BCUT2D eigenvalue weighted by Crippen LogP contribution is 2.17. The van der Waals surface area contributed by atoms with E-state index in [1.807, 2.05) is 7.05 Å². The second-order valence-electron chi connectivity index (χ2n) is 2.95. The first-order chi connectivity index (χ1) is 7.27. The fourth-order valence-electron chi connectivity index (χ4n) is 1.07. The quantitative estimate of drug-likeness (QED) is 0.752. The lowest BCUT2D eigenvalue weighted by molar-refractivity contribution is 0.143. The molecule has 0 atom stereocenters. The van der Waals surface area contributed by atoms with Crippen molar-refractivity contribution in [3.63, 3.8) is 0 Å². The average molecular weight is 231 g/mol. The molecule has 0 fully saturated rings. The van der Waals surface area contributed by atoms with Crippen LogP contribution in [-0.2, 0) is 11.3 Å². The Morgan fingerprint density at radius 1 is 1.40 bits per heavy atom. The first-order valence-electron chi connectivity index (χ1n) is 4.69. The van der Waals surface area contributed by atoms with Gasteiger partial charge in [0.2, 0.25) is 5.88 Å². The molecule has 84 valence electrons. The van der Waals surface area contributed by atoms with Gasteiger partial charge in [-0.15, -0.1) is 0 Å². The third-order valence-corrected chi connectivity index (χ3v) is 2.12. The predicted molar refractivity (Wildman–Crippen MR) is 59.4 cm³/mol. The fraction of sp³-hybridized carbons (Fsp3) is 0.500. The smallest absolute Gasteiger partial charge is 0.213 e. The van der Waals surface area contributed by atoms with E-state index in [0.29, 0.717) is 30.7 Å². The minimum absolute atomic E-state index is 0.490. The molecule has 1 heterocycles. The van der Waals surface area contributed by atoms with E-state index < -0.39 is 0 Å². The highest BCUT2D eigenvalue weighted by Gasteiger charge is 2.03. The van der Waals surface area contributed by atoms with Crippen molar-refractivity contribution in [1.29, 1.82) is 0 Å². The van der Waals surface area contributed by atoms with E-state index in [-0.39, 0.29) is 0 Å². The van der Waals surface area contributed by atoms with Crippen molar-refractivity contribution < 1.29 is 9.47 Å². The van der Waals surface area contributed by atoms with Crippen molar-refractivity contribution in [2.75, 3.05) is 27.4 Å². The van der Waals surface area contributed by atoms with Gasteiger partial charge in [-0.05, 0) is 13.1 Å². The zero-order valence-electron chi connectivity index (χ0n) is 8.92. The van der Waals surface area contributed by atoms with Gasteiger partial charge in [-0.2, -0.15) is 0 Å². The van der Waals surface area contributed by atoms with Gasteiger partial charge in [0.25, 0.3) is 0 Å². The Kier molecular flexibility index (Phi) is 5.39. The second-order valence-corrected chi connectivity index (χ2v) is 3.36. The molecule has 5 heteroatoms. The minimum atomic E-state index is 0.490. The molecular formula is C10H15ClN2O2. The first kappa shape index (κ1) is 12.2. The SMILES string of the molecule is CNCc1nc(OCCOC)ccc1Cl. The van der Waals surface area contributed by atoms with Crippen molar-refractivity contribution in [3.05, 3.63) is 22.8 Å². The molecule has 15 heavy (non-hydrogen) atoms. The average Bonchev–Trinajstić information content (AvgIpc) is 2.23. The summed E-state index contributed by atoms with van der Waals surface area (Å²) >= 11 is 5.95. The Morgan fingerprint density at radius 3 is 2.87 bits per heavy atom. The van der Waals surface area contributed by atoms with Crippen LogP contribution >= 0.6 is 11.6 Å². The molecule has 0 saturated carbocycles. The van der Waals surface area contributed by atoms with Crippen LogP contribution in [-0.4, -0.2) is 32.4 Å². The number of aromatic nitrogens is 1. The zero-order chi connectivity index (χ0) is 11.1. The van der Waals surface area contributed by atoms with E-state index in [1.165, 1.54) is 0 Å². The molecule has 0 amide bonds. The Bertz CT molecular complexity index is 307. The Hall–Kier alpha value is -0.840. The van der Waals surface area contributed by atoms with Crippen LogP contribution in [0.1, 0.15) is 5.69 Å². The largest absolute Gasteiger partial charge is 0.475 e. The van der Waals surface area contributed by atoms with E-state index in [4.69, 9.17) is 21.1 Å². The summed E-state index contributed by atoms with van der Waals surface area (Å²) in [4.78, 5) is 4.26. The van der Waals surface area contributed by atoms with Crippen molar-refractivity contribution >= 4 is 11.6 Å². The van der Waals surface area contributed by atoms with Crippen LogP contribution in [0.5, 0.6) is 5.88 Å². The maximum absolute atomic E-state index is 5.95. The maximum Gasteiger partial charge on any atom is 0.213 e. The van der Waals surface area contributed by atoms with E-state index in [2.05, 4.69) is 10.3 Å². The van der Waals surface area contributed by atoms with Gasteiger partial charge in [0.05, 0.1) is 17.3 Å². The Labute approximate surface area is 94.6 Å². The van der Waals surface area contributed by atoms with Crippen LogP contribution < -0.4 is 10.1 Å². The Balaban J connectivity index is 2.61. The third kappa shape index (κ3) is 4.03. The molecular weight excluding hydrogens is 216 g/mol. The molecule has 0 bridgehead atoms. The number of hydrogen-bond donors (Lipinski definition) is 1. The molecule has 0 unspecified atom stereocenters. The summed E-state index contributed by atoms with van der Waals surface area (Å²) in [5.41, 5.74) is 0.786. The number of nitrogens with zero attached hydrogens (tertiary/aromatic N) is 1. The highest BCUT2D eigenvalue weighted by atomic mass is 35.5. The van der Waals surface area contributed by atoms with Crippen molar-refractivity contribution in [1.82, 2.24) is 10.3 Å². The van der Waals surface area contributed by atoms with Gasteiger partial charge < -0.3 is 14.8 Å². The summed E-state index contributed by atoms with van der Waals surface area (Å²) in [5, 5.41) is 3.63. The van der Waals surface area contributed by atoms with Gasteiger partial charge in [0.15, 0.2) is 0 Å². The highest BCUT2D eigenvalue weighted by molar-refractivity contribution is 6.31. The minimum Gasteiger partial charge on any atom is -0.475 e. The van der Waals surface area contributed by atoms with Crippen LogP contribution in [0.3, 0.4) is 0 Å². The molecule has 0 aliphatic rings. The number of rotatable bonds is 6. The number of ether oxygens (including phenoxy) is 2. The van der Waals surface area contributed by atoms with Gasteiger partial charge in [0, 0.05) is 19.7 Å². The van der Waals surface area contributed by atoms with Crippen LogP contribution in [0.15, 0.2) is 12.1 Å². The molecule has 0 saturated heterocycles. The third-order valence-electron chi connectivity index (χ3n) is 1.77. The van der Waals surface area contributed by atoms with Gasteiger partial charge in [-0.1, -0.05) is 11.6 Å². The lowest BCUT2D eigenvalue weighted by atomic mass is 10.3. The summed E-state index contributed by atoms with van der Waals surface area (Å²) in [6.45, 7) is 1.66. The molecule has 0 spiro atoms. The molecule has 1 rings (SSSR count). The summed E-state index contributed by atoms with van der Waals surface area (Å²) in [6.07, 6.45) is 0. The monoisotopic (exact) mass is 230 g/mol. The molecule has 1 aromatic rings. The van der Waals surface area contributed by atoms with Crippen molar-refractivity contribution in [2.45, 2.75) is 6.54 Å². The first-order valence-corrected chi connectivity index (χ1v) is 5.07. The zero-order valence-corrected chi connectivity index (χ0v) is 9.67. The molecule has 4 nitrogen and oxygen atoms in total. The van der Waals surface area contributed by atoms with Crippen LogP contribution in [0.25, 0.3) is 0 Å². The maximum atomic E-state index is 5.95. The summed E-state index contributed by atoms with van der Waals surface area (Å²) in [7, 11) is 3.47. The van der Waals surface area contributed by atoms with Crippen molar-refractivity contribution in [2.24, 2.45) is 0 Å². The summed E-state index contributed by atoms with van der Waals surface area (Å²) < 4.78 is 10.2. The lowest BCUT2D eigenvalue weighted by Gasteiger charge is -2.07. The van der Waals surface area contributed by atoms with E-state index in [1.54, 1.807) is 19.2 Å². The molecule has 1 aromatic heterocycles. The molecule has 1 N–H and O–H groups in total. The molecule has 0 aromatic carbocycles. The standard InChI is InChI=1S/C10H15ClN2O2/c1-12-7-9-8(11)3-4-10(13-9)15-6-5-14-2/h3-4,12H,5-7H2,1-2H3. The molecule has 0 radical (unpaired) electrons. The molecule has 0 aliphatic carbocycles. The van der Waals surface area contributed by atoms with Gasteiger partial charge in [0.1, 0.15) is 6.61 Å². The van der Waals surface area contributed by atoms with E-state index in [0.717, 1.165) is 5.69 Å². The number of methoxy groups -OCH3 is 1. The normalized spacial score (nSPS) is 10.3. The number of hydrogen-bond acceptors (Lipinski definition) is 4. The van der Waals surface area contributed by atoms with E-state index in [9.17, 15) is 0 Å². The second kappa shape index (κ2) is 6.61. The fourth-order valence-corrected chi connectivity index (χ4v) is 1.24. The van der Waals surface area contributed by atoms with Gasteiger partial charge >= 0.3 is 0 Å². The lowest BCUT2D eigenvalue weighted by Crippen LogP contribution is -2.10. The van der Waals surface area contributed by atoms with E-state index >= 15 is 0 Å².